The number of hydrogen-bond acceptors (Lipinski definition) is 4. The monoisotopic (exact) mass is 259 g/mol. The minimum absolute atomic E-state index is 1.19. The van der Waals surface area contributed by atoms with Crippen LogP contribution in [-0.2, 0) is 20.9 Å². The quantitative estimate of drug-likeness (QED) is 0.605. The molecule has 0 N–H and O–H groups in total. The van der Waals surface area contributed by atoms with E-state index in [-0.39, 0.29) is 0 Å². The highest BCUT2D eigenvalue weighted by atomic mass is 32.9. The molecule has 0 amide bonds. The maximum atomic E-state index is 4.68. The van der Waals surface area contributed by atoms with E-state index in [9.17, 15) is 0 Å². The molecule has 0 fully saturated rings. The SMILES string of the molecule is CCN(CC)CC.COP(=S)(S)OC. The van der Waals surface area contributed by atoms with E-state index in [2.05, 4.69) is 58.8 Å². The average Bonchev–Trinajstić information content (AvgIpc) is 2.21. The van der Waals surface area contributed by atoms with Gasteiger partial charge in [0.15, 0.2) is 0 Å². The third kappa shape index (κ3) is 11.0. The van der Waals surface area contributed by atoms with Gasteiger partial charge in [0.2, 0.25) is 5.69 Å². The summed E-state index contributed by atoms with van der Waals surface area (Å²) in [5.41, 5.74) is -2.13. The van der Waals surface area contributed by atoms with Gasteiger partial charge in [-0.1, -0.05) is 33.0 Å². The first kappa shape index (κ1) is 17.3. The summed E-state index contributed by atoms with van der Waals surface area (Å²) in [5, 5.41) is 0. The van der Waals surface area contributed by atoms with Crippen LogP contribution in [0, 0.1) is 0 Å². The van der Waals surface area contributed by atoms with Crippen LogP contribution in [0.2, 0.25) is 0 Å². The second kappa shape index (κ2) is 10.4. The normalized spacial score (nSPS) is 11.1. The summed E-state index contributed by atoms with van der Waals surface area (Å²) in [4.78, 5) is 2.38. The highest BCUT2D eigenvalue weighted by Crippen LogP contribution is 2.51. The molecule has 0 aromatic heterocycles. The minimum atomic E-state index is -2.13. The van der Waals surface area contributed by atoms with Crippen molar-refractivity contribution in [1.82, 2.24) is 4.90 Å². The largest absolute Gasteiger partial charge is 0.325 e. The number of nitrogens with zero attached hydrogens (tertiary/aromatic N) is 1. The molecule has 0 heterocycles. The second-order valence-corrected chi connectivity index (χ2v) is 7.95. The molecular formula is C8H22NO2PS2. The predicted molar refractivity (Wildman–Crippen MR) is 70.8 cm³/mol. The first-order chi connectivity index (χ1) is 6.47. The third-order valence-electron chi connectivity index (χ3n) is 1.80. The van der Waals surface area contributed by atoms with Crippen LogP contribution in [0.25, 0.3) is 0 Å². The molecule has 6 heteroatoms. The van der Waals surface area contributed by atoms with Gasteiger partial charge < -0.3 is 13.9 Å². The zero-order valence-electron chi connectivity index (χ0n) is 9.69. The van der Waals surface area contributed by atoms with Crippen molar-refractivity contribution < 1.29 is 9.05 Å². The molecule has 3 nitrogen and oxygen atoms in total. The van der Waals surface area contributed by atoms with Crippen LogP contribution in [0.1, 0.15) is 20.8 Å². The van der Waals surface area contributed by atoms with E-state index in [0.29, 0.717) is 0 Å². The summed E-state index contributed by atoms with van der Waals surface area (Å²) < 4.78 is 9.31. The zero-order valence-corrected chi connectivity index (χ0v) is 12.3. The lowest BCUT2D eigenvalue weighted by Crippen LogP contribution is -2.21. The van der Waals surface area contributed by atoms with Gasteiger partial charge in [-0.2, -0.15) is 0 Å². The van der Waals surface area contributed by atoms with Gasteiger partial charge in [-0.25, -0.2) is 0 Å². The summed E-state index contributed by atoms with van der Waals surface area (Å²) in [5.74, 6) is 0. The predicted octanol–water partition coefficient (Wildman–Crippen LogP) is 2.78. The standard InChI is InChI=1S/C6H15N.C2H7O2PS2/c1-4-7(5-2)6-3;1-3-5(6,7)4-2/h4-6H2,1-3H3;1-2H3,(H,6,7). The van der Waals surface area contributed by atoms with E-state index in [1.807, 2.05) is 0 Å². The highest BCUT2D eigenvalue weighted by Gasteiger charge is 2.04. The van der Waals surface area contributed by atoms with Crippen LogP contribution in [0.4, 0.5) is 0 Å². The summed E-state index contributed by atoms with van der Waals surface area (Å²) in [6.07, 6.45) is 0. The lowest BCUT2D eigenvalue weighted by atomic mass is 10.5. The van der Waals surface area contributed by atoms with Crippen LogP contribution < -0.4 is 0 Å². The first-order valence-corrected chi connectivity index (χ1v) is 8.43. The maximum Gasteiger partial charge on any atom is 0.243 e. The Kier molecular flexibility index (Phi) is 12.8. The zero-order chi connectivity index (χ0) is 11.6. The van der Waals surface area contributed by atoms with Crippen LogP contribution in [-0.4, -0.2) is 38.8 Å². The molecule has 0 saturated carbocycles. The summed E-state index contributed by atoms with van der Waals surface area (Å²) in [6, 6.07) is 0. The molecule has 0 aromatic carbocycles. The van der Waals surface area contributed by atoms with Crippen molar-refractivity contribution >= 4 is 29.7 Å². The highest BCUT2D eigenvalue weighted by molar-refractivity contribution is 8.60. The van der Waals surface area contributed by atoms with Crippen molar-refractivity contribution in [3.8, 4) is 0 Å². The Morgan fingerprint density at radius 2 is 1.36 bits per heavy atom. The van der Waals surface area contributed by atoms with Gasteiger partial charge in [-0.15, -0.1) is 0 Å². The van der Waals surface area contributed by atoms with E-state index in [0.717, 1.165) is 0 Å². The molecule has 0 aliphatic carbocycles. The van der Waals surface area contributed by atoms with Gasteiger partial charge in [0.05, 0.1) is 0 Å². The molecule has 0 aliphatic rings. The van der Waals surface area contributed by atoms with Gasteiger partial charge in [0, 0.05) is 14.2 Å². The summed E-state index contributed by atoms with van der Waals surface area (Å²) >= 11 is 8.54. The molecule has 0 unspecified atom stereocenters. The lowest BCUT2D eigenvalue weighted by Gasteiger charge is -2.13. The molecule has 14 heavy (non-hydrogen) atoms. The van der Waals surface area contributed by atoms with Crippen molar-refractivity contribution in [2.75, 3.05) is 33.9 Å². The van der Waals surface area contributed by atoms with E-state index in [1.54, 1.807) is 0 Å². The fourth-order valence-electron chi connectivity index (χ4n) is 0.745. The van der Waals surface area contributed by atoms with Gasteiger partial charge in [-0.05, 0) is 31.4 Å². The lowest BCUT2D eigenvalue weighted by molar-refractivity contribution is 0.321. The van der Waals surface area contributed by atoms with Crippen molar-refractivity contribution in [2.24, 2.45) is 0 Å². The van der Waals surface area contributed by atoms with E-state index < -0.39 is 5.69 Å². The average molecular weight is 259 g/mol. The molecule has 88 valence electrons. The molecule has 0 bridgehead atoms. The van der Waals surface area contributed by atoms with Gasteiger partial charge in [-0.3, -0.25) is 0 Å². The summed E-state index contributed by atoms with van der Waals surface area (Å²) in [7, 11) is 2.97. The Morgan fingerprint density at radius 1 is 1.07 bits per heavy atom. The Labute approximate surface area is 98.5 Å². The molecule has 0 radical (unpaired) electrons. The van der Waals surface area contributed by atoms with Crippen LogP contribution in [0.3, 0.4) is 0 Å². The third-order valence-corrected chi connectivity index (χ3v) is 4.60. The molecular weight excluding hydrogens is 237 g/mol. The smallest absolute Gasteiger partial charge is 0.243 e. The molecule has 0 atom stereocenters. The Bertz CT molecular complexity index is 152. The van der Waals surface area contributed by atoms with Crippen molar-refractivity contribution in [1.29, 1.82) is 0 Å². The topological polar surface area (TPSA) is 21.7 Å². The van der Waals surface area contributed by atoms with E-state index in [4.69, 9.17) is 0 Å². The molecule has 0 spiro atoms. The first-order valence-electron chi connectivity index (χ1n) is 4.63. The van der Waals surface area contributed by atoms with E-state index >= 15 is 0 Å². The van der Waals surface area contributed by atoms with Crippen LogP contribution >= 0.6 is 17.9 Å². The number of rotatable bonds is 5. The van der Waals surface area contributed by atoms with Crippen LogP contribution in [0.15, 0.2) is 0 Å². The van der Waals surface area contributed by atoms with Crippen LogP contribution in [0.5, 0.6) is 0 Å². The summed E-state index contributed by atoms with van der Waals surface area (Å²) in [6.45, 7) is 10.1. The number of hydrogen-bond donors (Lipinski definition) is 1. The van der Waals surface area contributed by atoms with Crippen molar-refractivity contribution in [3.63, 3.8) is 0 Å². The Balaban J connectivity index is 0. The Hall–Kier alpha value is 0.880. The fraction of sp³-hybridized carbons (Fsp3) is 1.00. The second-order valence-electron chi connectivity index (χ2n) is 2.45. The maximum absolute atomic E-state index is 4.68. The van der Waals surface area contributed by atoms with Gasteiger partial charge in [0.1, 0.15) is 0 Å². The number of thiol groups is 1. The molecule has 0 aliphatic heterocycles. The molecule has 0 rings (SSSR count). The van der Waals surface area contributed by atoms with Gasteiger partial charge in [0.25, 0.3) is 0 Å². The fourth-order valence-corrected chi connectivity index (χ4v) is 0.894. The van der Waals surface area contributed by atoms with E-state index in [1.165, 1.54) is 33.9 Å². The Morgan fingerprint density at radius 3 is 1.36 bits per heavy atom. The van der Waals surface area contributed by atoms with Crippen molar-refractivity contribution in [3.05, 3.63) is 0 Å². The molecule has 0 aromatic rings. The van der Waals surface area contributed by atoms with Crippen molar-refractivity contribution in [2.45, 2.75) is 20.8 Å². The molecule has 0 saturated heterocycles. The van der Waals surface area contributed by atoms with Gasteiger partial charge >= 0.3 is 0 Å². The minimum Gasteiger partial charge on any atom is -0.325 e.